The molecule has 0 aliphatic rings. The van der Waals surface area contributed by atoms with E-state index in [1.165, 1.54) is 31.6 Å². The van der Waals surface area contributed by atoms with Gasteiger partial charge in [0.25, 0.3) is 15.9 Å². The van der Waals surface area contributed by atoms with Crippen LogP contribution < -0.4 is 14.8 Å². The van der Waals surface area contributed by atoms with Crippen molar-refractivity contribution in [2.24, 2.45) is 0 Å². The van der Waals surface area contributed by atoms with Crippen LogP contribution in [-0.4, -0.2) is 33.0 Å². The van der Waals surface area contributed by atoms with Crippen molar-refractivity contribution >= 4 is 21.6 Å². The molecule has 0 saturated carbocycles. The number of carbonyl (C=O) groups is 1. The van der Waals surface area contributed by atoms with E-state index in [1.54, 1.807) is 18.2 Å². The van der Waals surface area contributed by atoms with E-state index >= 15 is 0 Å². The van der Waals surface area contributed by atoms with Crippen molar-refractivity contribution in [2.75, 3.05) is 18.4 Å². The Labute approximate surface area is 176 Å². The van der Waals surface area contributed by atoms with Crippen LogP contribution >= 0.6 is 0 Å². The first-order chi connectivity index (χ1) is 14.4. The number of aryl methyl sites for hydroxylation is 1. The van der Waals surface area contributed by atoms with Crippen LogP contribution in [0.1, 0.15) is 21.5 Å². The Kier molecular flexibility index (Phi) is 6.68. The lowest BCUT2D eigenvalue weighted by molar-refractivity contribution is 0.0951. The van der Waals surface area contributed by atoms with E-state index in [2.05, 4.69) is 15.0 Å². The van der Waals surface area contributed by atoms with Gasteiger partial charge in [-0.05, 0) is 36.6 Å². The lowest BCUT2D eigenvalue weighted by atomic mass is 10.1. The van der Waals surface area contributed by atoms with E-state index in [1.807, 2.05) is 31.2 Å². The zero-order chi connectivity index (χ0) is 21.6. The van der Waals surface area contributed by atoms with Gasteiger partial charge in [-0.1, -0.05) is 36.4 Å². The lowest BCUT2D eigenvalue weighted by Gasteiger charge is -2.14. The fourth-order valence-corrected chi connectivity index (χ4v) is 4.28. The number of nitrogens with one attached hydrogen (secondary N) is 2. The maximum atomic E-state index is 13.0. The fraction of sp³-hybridized carbons (Fsp3) is 0.182. The van der Waals surface area contributed by atoms with Crippen LogP contribution in [0.2, 0.25) is 0 Å². The summed E-state index contributed by atoms with van der Waals surface area (Å²) in [4.78, 5) is 16.5. The Morgan fingerprint density at radius 3 is 2.57 bits per heavy atom. The Hall–Kier alpha value is -3.39. The number of sulfonamides is 1. The van der Waals surface area contributed by atoms with Crippen LogP contribution in [0.25, 0.3) is 0 Å². The van der Waals surface area contributed by atoms with Gasteiger partial charge in [-0.15, -0.1) is 0 Å². The first-order valence-electron chi connectivity index (χ1n) is 9.35. The maximum Gasteiger partial charge on any atom is 0.262 e. The number of ether oxygens (including phenoxy) is 1. The van der Waals surface area contributed by atoms with Gasteiger partial charge in [0.2, 0.25) is 0 Å². The highest BCUT2D eigenvalue weighted by atomic mass is 32.2. The molecular weight excluding hydrogens is 402 g/mol. The molecule has 3 rings (SSSR count). The Morgan fingerprint density at radius 1 is 1.07 bits per heavy atom. The molecule has 3 aromatic rings. The van der Waals surface area contributed by atoms with E-state index in [-0.39, 0.29) is 16.1 Å². The number of pyridine rings is 1. The molecule has 0 aliphatic carbocycles. The maximum absolute atomic E-state index is 13.0. The molecule has 30 heavy (non-hydrogen) atoms. The zero-order valence-corrected chi connectivity index (χ0v) is 17.6. The molecule has 0 atom stereocenters. The summed E-state index contributed by atoms with van der Waals surface area (Å²) in [7, 11) is -2.60. The van der Waals surface area contributed by atoms with Gasteiger partial charge in [-0.2, -0.15) is 0 Å². The van der Waals surface area contributed by atoms with Gasteiger partial charge in [0.1, 0.15) is 16.3 Å². The summed E-state index contributed by atoms with van der Waals surface area (Å²) >= 11 is 0. The van der Waals surface area contributed by atoms with Gasteiger partial charge in [0.05, 0.1) is 18.9 Å². The first kappa shape index (κ1) is 21.3. The van der Waals surface area contributed by atoms with Crippen molar-refractivity contribution in [1.29, 1.82) is 0 Å². The molecule has 156 valence electrons. The van der Waals surface area contributed by atoms with Crippen LogP contribution in [-0.2, 0) is 16.4 Å². The molecule has 0 unspecified atom stereocenters. The highest BCUT2D eigenvalue weighted by Crippen LogP contribution is 2.26. The predicted octanol–water partition coefficient (Wildman–Crippen LogP) is 3.17. The molecule has 0 saturated heterocycles. The molecule has 0 aliphatic heterocycles. The van der Waals surface area contributed by atoms with Gasteiger partial charge in [0, 0.05) is 18.8 Å². The largest absolute Gasteiger partial charge is 0.494 e. The van der Waals surface area contributed by atoms with Crippen LogP contribution in [0.15, 0.2) is 71.9 Å². The van der Waals surface area contributed by atoms with Gasteiger partial charge in [-0.3, -0.25) is 14.5 Å². The first-order valence-corrected chi connectivity index (χ1v) is 10.8. The Morgan fingerprint density at radius 2 is 1.80 bits per heavy atom. The van der Waals surface area contributed by atoms with Gasteiger partial charge < -0.3 is 10.1 Å². The average Bonchev–Trinajstić information content (AvgIpc) is 2.75. The number of carbonyl (C=O) groups excluding carboxylic acids is 1. The van der Waals surface area contributed by atoms with Crippen molar-refractivity contribution in [3.63, 3.8) is 0 Å². The van der Waals surface area contributed by atoms with E-state index < -0.39 is 15.9 Å². The second-order valence-corrected chi connectivity index (χ2v) is 8.26. The summed E-state index contributed by atoms with van der Waals surface area (Å²) in [5, 5.41) is 2.81. The van der Waals surface area contributed by atoms with Crippen molar-refractivity contribution in [2.45, 2.75) is 18.2 Å². The van der Waals surface area contributed by atoms with Crippen molar-refractivity contribution in [3.05, 3.63) is 83.7 Å². The fourth-order valence-electron chi connectivity index (χ4n) is 3.02. The quantitative estimate of drug-likeness (QED) is 0.578. The second kappa shape index (κ2) is 9.41. The SMILES string of the molecule is COc1ccncc1NS(=O)(=O)c1ccccc1C(=O)NCCc1ccccc1C. The molecule has 2 aromatic carbocycles. The summed E-state index contributed by atoms with van der Waals surface area (Å²) in [5.41, 5.74) is 2.53. The third-order valence-corrected chi connectivity index (χ3v) is 6.03. The van der Waals surface area contributed by atoms with Crippen molar-refractivity contribution in [1.82, 2.24) is 10.3 Å². The molecule has 0 radical (unpaired) electrons. The average molecular weight is 426 g/mol. The molecule has 0 spiro atoms. The van der Waals surface area contributed by atoms with Gasteiger partial charge in [0.15, 0.2) is 0 Å². The molecule has 0 bridgehead atoms. The number of rotatable bonds is 8. The number of anilines is 1. The predicted molar refractivity (Wildman–Crippen MR) is 115 cm³/mol. The van der Waals surface area contributed by atoms with Crippen molar-refractivity contribution in [3.8, 4) is 5.75 Å². The number of nitrogens with zero attached hydrogens (tertiary/aromatic N) is 1. The summed E-state index contributed by atoms with van der Waals surface area (Å²) in [6.07, 6.45) is 3.49. The topological polar surface area (TPSA) is 97.4 Å². The van der Waals surface area contributed by atoms with E-state index in [0.29, 0.717) is 18.7 Å². The lowest BCUT2D eigenvalue weighted by Crippen LogP contribution is -2.28. The number of benzene rings is 2. The molecule has 8 heteroatoms. The monoisotopic (exact) mass is 425 g/mol. The zero-order valence-electron chi connectivity index (χ0n) is 16.8. The normalized spacial score (nSPS) is 11.0. The molecule has 1 heterocycles. The minimum atomic E-state index is -4.04. The Balaban J connectivity index is 1.77. The summed E-state index contributed by atoms with van der Waals surface area (Å²) in [6, 6.07) is 15.5. The Bertz CT molecular complexity index is 1150. The summed E-state index contributed by atoms with van der Waals surface area (Å²) in [5.74, 6) is -0.128. The van der Waals surface area contributed by atoms with Crippen LogP contribution in [0.3, 0.4) is 0 Å². The molecule has 2 N–H and O–H groups in total. The minimum absolute atomic E-state index is 0.0673. The van der Waals surface area contributed by atoms with Crippen LogP contribution in [0, 0.1) is 6.92 Å². The van der Waals surface area contributed by atoms with E-state index in [9.17, 15) is 13.2 Å². The molecule has 0 fully saturated rings. The van der Waals surface area contributed by atoms with Gasteiger partial charge in [-0.25, -0.2) is 8.42 Å². The van der Waals surface area contributed by atoms with Gasteiger partial charge >= 0.3 is 0 Å². The number of methoxy groups -OCH3 is 1. The highest BCUT2D eigenvalue weighted by Gasteiger charge is 2.23. The minimum Gasteiger partial charge on any atom is -0.494 e. The third-order valence-electron chi connectivity index (χ3n) is 4.61. The molecule has 7 nitrogen and oxygen atoms in total. The number of hydrogen-bond acceptors (Lipinski definition) is 5. The number of hydrogen-bond donors (Lipinski definition) is 2. The highest BCUT2D eigenvalue weighted by molar-refractivity contribution is 7.92. The van der Waals surface area contributed by atoms with E-state index in [4.69, 9.17) is 4.74 Å². The summed E-state index contributed by atoms with van der Waals surface area (Å²) < 4.78 is 33.5. The molecule has 1 aromatic heterocycles. The summed E-state index contributed by atoms with van der Waals surface area (Å²) in [6.45, 7) is 2.40. The van der Waals surface area contributed by atoms with Crippen molar-refractivity contribution < 1.29 is 17.9 Å². The number of aromatic nitrogens is 1. The van der Waals surface area contributed by atoms with Crippen LogP contribution in [0.4, 0.5) is 5.69 Å². The second-order valence-electron chi connectivity index (χ2n) is 6.61. The number of amides is 1. The molecule has 1 amide bonds. The third kappa shape index (κ3) is 4.96. The van der Waals surface area contributed by atoms with E-state index in [0.717, 1.165) is 11.1 Å². The standard InChI is InChI=1S/C22H23N3O4S/c1-16-7-3-4-8-17(16)11-14-24-22(26)18-9-5-6-10-21(18)30(27,28)25-19-15-23-13-12-20(19)29-2/h3-10,12-13,15,25H,11,14H2,1-2H3,(H,24,26). The van der Waals surface area contributed by atoms with Crippen LogP contribution in [0.5, 0.6) is 5.75 Å². The molecular formula is C22H23N3O4S. The smallest absolute Gasteiger partial charge is 0.262 e.